The lowest BCUT2D eigenvalue weighted by atomic mass is 9.72. The Morgan fingerprint density at radius 3 is 2.20 bits per heavy atom. The van der Waals surface area contributed by atoms with Gasteiger partial charge in [-0.1, -0.05) is 44.9 Å². The fourth-order valence-electron chi connectivity index (χ4n) is 3.46. The third kappa shape index (κ3) is 2.94. The summed E-state index contributed by atoms with van der Waals surface area (Å²) in [5, 5.41) is 0. The first kappa shape index (κ1) is 11.4. The van der Waals surface area contributed by atoms with Crippen molar-refractivity contribution in [2.24, 2.45) is 23.3 Å². The predicted octanol–water partition coefficient (Wildman–Crippen LogP) is 2.76. The van der Waals surface area contributed by atoms with Gasteiger partial charge in [-0.05, 0) is 31.1 Å². The molecular weight excluding hydrogens is 184 g/mol. The van der Waals surface area contributed by atoms with Crippen LogP contribution in [0.3, 0.4) is 0 Å². The molecule has 2 aliphatic rings. The van der Waals surface area contributed by atoms with E-state index in [-0.39, 0.29) is 5.66 Å². The molecule has 1 unspecified atom stereocenters. The van der Waals surface area contributed by atoms with Crippen LogP contribution in [0.15, 0.2) is 0 Å². The van der Waals surface area contributed by atoms with Crippen LogP contribution in [0.1, 0.15) is 64.2 Å². The molecule has 0 aliphatic heterocycles. The van der Waals surface area contributed by atoms with Crippen LogP contribution in [0, 0.1) is 11.8 Å². The lowest BCUT2D eigenvalue weighted by molar-refractivity contribution is 0.148. The van der Waals surface area contributed by atoms with Crippen molar-refractivity contribution in [1.82, 2.24) is 0 Å². The van der Waals surface area contributed by atoms with Crippen molar-refractivity contribution in [2.75, 3.05) is 0 Å². The SMILES string of the molecule is NC1(N)CCCCC1CC1CCCCC1. The van der Waals surface area contributed by atoms with Crippen molar-refractivity contribution >= 4 is 0 Å². The van der Waals surface area contributed by atoms with Gasteiger partial charge >= 0.3 is 0 Å². The summed E-state index contributed by atoms with van der Waals surface area (Å²) >= 11 is 0. The maximum Gasteiger partial charge on any atom is 0.0665 e. The van der Waals surface area contributed by atoms with Crippen LogP contribution >= 0.6 is 0 Å². The molecular formula is C13H26N2. The van der Waals surface area contributed by atoms with Crippen molar-refractivity contribution in [3.63, 3.8) is 0 Å². The maximum absolute atomic E-state index is 6.22. The Morgan fingerprint density at radius 2 is 1.53 bits per heavy atom. The summed E-state index contributed by atoms with van der Waals surface area (Å²) in [6.07, 6.45) is 13.3. The molecule has 0 aromatic rings. The lowest BCUT2D eigenvalue weighted by Gasteiger charge is -2.40. The molecule has 2 saturated carbocycles. The minimum atomic E-state index is -0.351. The minimum Gasteiger partial charge on any atom is -0.313 e. The van der Waals surface area contributed by atoms with Crippen LogP contribution in [-0.2, 0) is 0 Å². The molecule has 1 atom stereocenters. The van der Waals surface area contributed by atoms with Crippen molar-refractivity contribution in [2.45, 2.75) is 69.9 Å². The molecule has 2 rings (SSSR count). The molecule has 0 aromatic carbocycles. The molecule has 2 nitrogen and oxygen atoms in total. The zero-order valence-electron chi connectivity index (χ0n) is 9.88. The molecule has 0 saturated heterocycles. The van der Waals surface area contributed by atoms with Crippen LogP contribution < -0.4 is 11.5 Å². The zero-order valence-corrected chi connectivity index (χ0v) is 9.88. The first-order valence-corrected chi connectivity index (χ1v) is 6.76. The van der Waals surface area contributed by atoms with Crippen molar-refractivity contribution < 1.29 is 0 Å². The van der Waals surface area contributed by atoms with E-state index >= 15 is 0 Å². The summed E-state index contributed by atoms with van der Waals surface area (Å²) < 4.78 is 0. The van der Waals surface area contributed by atoms with Crippen LogP contribution in [0.25, 0.3) is 0 Å². The molecule has 88 valence electrons. The van der Waals surface area contributed by atoms with Crippen molar-refractivity contribution in [3.8, 4) is 0 Å². The van der Waals surface area contributed by atoms with E-state index in [9.17, 15) is 0 Å². The minimum absolute atomic E-state index is 0.351. The Hall–Kier alpha value is -0.0800. The summed E-state index contributed by atoms with van der Waals surface area (Å²) in [6.45, 7) is 0. The van der Waals surface area contributed by atoms with E-state index in [1.165, 1.54) is 57.8 Å². The summed E-state index contributed by atoms with van der Waals surface area (Å²) in [5.41, 5.74) is 12.1. The highest BCUT2D eigenvalue weighted by atomic mass is 15.0. The van der Waals surface area contributed by atoms with E-state index in [2.05, 4.69) is 0 Å². The van der Waals surface area contributed by atoms with Crippen molar-refractivity contribution in [1.29, 1.82) is 0 Å². The van der Waals surface area contributed by atoms with Gasteiger partial charge in [-0.3, -0.25) is 0 Å². The molecule has 2 heteroatoms. The van der Waals surface area contributed by atoms with Gasteiger partial charge in [0.05, 0.1) is 5.66 Å². The first-order valence-electron chi connectivity index (χ1n) is 6.76. The fraction of sp³-hybridized carbons (Fsp3) is 1.00. The summed E-state index contributed by atoms with van der Waals surface area (Å²) in [7, 11) is 0. The van der Waals surface area contributed by atoms with E-state index in [0.29, 0.717) is 5.92 Å². The smallest absolute Gasteiger partial charge is 0.0665 e. The molecule has 0 bridgehead atoms. The fourth-order valence-corrected chi connectivity index (χ4v) is 3.46. The number of hydrogen-bond donors (Lipinski definition) is 2. The van der Waals surface area contributed by atoms with Gasteiger partial charge in [0.2, 0.25) is 0 Å². The summed E-state index contributed by atoms with van der Waals surface area (Å²) in [6, 6.07) is 0. The summed E-state index contributed by atoms with van der Waals surface area (Å²) in [5.74, 6) is 1.52. The molecule has 2 aliphatic carbocycles. The average molecular weight is 210 g/mol. The quantitative estimate of drug-likeness (QED) is 0.689. The van der Waals surface area contributed by atoms with Crippen LogP contribution in [0.4, 0.5) is 0 Å². The molecule has 15 heavy (non-hydrogen) atoms. The molecule has 0 aromatic heterocycles. The van der Waals surface area contributed by atoms with Gasteiger partial charge < -0.3 is 11.5 Å². The third-order valence-electron chi connectivity index (χ3n) is 4.52. The largest absolute Gasteiger partial charge is 0.313 e. The van der Waals surface area contributed by atoms with Crippen LogP contribution in [-0.4, -0.2) is 5.66 Å². The second-order valence-corrected chi connectivity index (χ2v) is 5.79. The predicted molar refractivity (Wildman–Crippen MR) is 64.3 cm³/mol. The van der Waals surface area contributed by atoms with Crippen LogP contribution in [0.2, 0.25) is 0 Å². The van der Waals surface area contributed by atoms with E-state index < -0.39 is 0 Å². The van der Waals surface area contributed by atoms with E-state index in [1.807, 2.05) is 0 Å². The summed E-state index contributed by atoms with van der Waals surface area (Å²) in [4.78, 5) is 0. The Bertz CT molecular complexity index is 195. The molecule has 0 radical (unpaired) electrons. The van der Waals surface area contributed by atoms with E-state index in [4.69, 9.17) is 11.5 Å². The topological polar surface area (TPSA) is 52.0 Å². The second kappa shape index (κ2) is 4.84. The molecule has 0 amide bonds. The Labute approximate surface area is 93.8 Å². The Kier molecular flexibility index (Phi) is 3.68. The maximum atomic E-state index is 6.22. The van der Waals surface area contributed by atoms with Gasteiger partial charge in [-0.2, -0.15) is 0 Å². The van der Waals surface area contributed by atoms with Gasteiger partial charge in [-0.25, -0.2) is 0 Å². The second-order valence-electron chi connectivity index (χ2n) is 5.79. The normalized spacial score (nSPS) is 32.8. The van der Waals surface area contributed by atoms with Gasteiger partial charge in [-0.15, -0.1) is 0 Å². The molecule has 4 N–H and O–H groups in total. The van der Waals surface area contributed by atoms with Crippen LogP contribution in [0.5, 0.6) is 0 Å². The number of rotatable bonds is 2. The van der Waals surface area contributed by atoms with Crippen molar-refractivity contribution in [3.05, 3.63) is 0 Å². The monoisotopic (exact) mass is 210 g/mol. The zero-order chi connectivity index (χ0) is 10.7. The Morgan fingerprint density at radius 1 is 0.867 bits per heavy atom. The van der Waals surface area contributed by atoms with Gasteiger partial charge in [0.15, 0.2) is 0 Å². The standard InChI is InChI=1S/C13H26N2/c14-13(15)9-5-4-8-12(13)10-11-6-2-1-3-7-11/h11-12H,1-10,14-15H2. The molecule has 0 heterocycles. The van der Waals surface area contributed by atoms with Gasteiger partial charge in [0.25, 0.3) is 0 Å². The highest BCUT2D eigenvalue weighted by Gasteiger charge is 2.34. The third-order valence-corrected chi connectivity index (χ3v) is 4.52. The lowest BCUT2D eigenvalue weighted by Crippen LogP contribution is -2.57. The number of nitrogens with two attached hydrogens (primary N) is 2. The van der Waals surface area contributed by atoms with Gasteiger partial charge in [0, 0.05) is 0 Å². The molecule has 0 spiro atoms. The first-order chi connectivity index (χ1) is 7.18. The van der Waals surface area contributed by atoms with E-state index in [0.717, 1.165) is 12.3 Å². The highest BCUT2D eigenvalue weighted by Crippen LogP contribution is 2.37. The molecule has 2 fully saturated rings. The Balaban J connectivity index is 1.85. The number of hydrogen-bond acceptors (Lipinski definition) is 2. The highest BCUT2D eigenvalue weighted by molar-refractivity contribution is 4.90. The van der Waals surface area contributed by atoms with Gasteiger partial charge in [0.1, 0.15) is 0 Å². The van der Waals surface area contributed by atoms with E-state index in [1.54, 1.807) is 0 Å². The average Bonchev–Trinajstić information content (AvgIpc) is 2.23.